The Labute approximate surface area is 130 Å². The highest BCUT2D eigenvalue weighted by molar-refractivity contribution is 6.33. The number of hydrogen-bond donors (Lipinski definition) is 2. The zero-order chi connectivity index (χ0) is 16.2. The first kappa shape index (κ1) is 17.3. The monoisotopic (exact) mass is 311 g/mol. The summed E-state index contributed by atoms with van der Waals surface area (Å²) in [7, 11) is 3.32. The van der Waals surface area contributed by atoms with Gasteiger partial charge in [0.25, 0.3) is 0 Å². The molecular formula is C15H22ClN3O2. The molecule has 3 amide bonds. The minimum atomic E-state index is -0.580. The second-order valence-electron chi connectivity index (χ2n) is 5.54. The van der Waals surface area contributed by atoms with E-state index in [0.29, 0.717) is 10.7 Å². The van der Waals surface area contributed by atoms with Crippen molar-refractivity contribution in [2.24, 2.45) is 5.92 Å². The first-order valence-corrected chi connectivity index (χ1v) is 7.15. The molecule has 6 heteroatoms. The van der Waals surface area contributed by atoms with Crippen molar-refractivity contribution >= 4 is 29.2 Å². The number of anilines is 1. The molecule has 1 rings (SSSR count). The molecule has 0 aliphatic rings. The van der Waals surface area contributed by atoms with Gasteiger partial charge in [-0.3, -0.25) is 4.79 Å². The van der Waals surface area contributed by atoms with Crippen molar-refractivity contribution in [1.82, 2.24) is 10.2 Å². The summed E-state index contributed by atoms with van der Waals surface area (Å²) in [6, 6.07) is 4.33. The molecule has 0 spiro atoms. The lowest BCUT2D eigenvalue weighted by atomic mass is 10.0. The van der Waals surface area contributed by atoms with Gasteiger partial charge in [0.1, 0.15) is 6.04 Å². The second kappa shape index (κ2) is 7.31. The fraction of sp³-hybridized carbons (Fsp3) is 0.467. The fourth-order valence-electron chi connectivity index (χ4n) is 1.83. The van der Waals surface area contributed by atoms with Crippen LogP contribution in [0, 0.1) is 12.8 Å². The van der Waals surface area contributed by atoms with Crippen molar-refractivity contribution in [2.75, 3.05) is 19.4 Å². The lowest BCUT2D eigenvalue weighted by Crippen LogP contribution is -2.50. The van der Waals surface area contributed by atoms with Gasteiger partial charge in [-0.05, 0) is 30.5 Å². The molecule has 0 aliphatic carbocycles. The molecule has 0 saturated carbocycles. The molecule has 0 radical (unpaired) electrons. The first-order valence-electron chi connectivity index (χ1n) is 6.77. The molecule has 0 saturated heterocycles. The van der Waals surface area contributed by atoms with Crippen molar-refractivity contribution in [2.45, 2.75) is 26.8 Å². The zero-order valence-corrected chi connectivity index (χ0v) is 13.8. The Bertz CT molecular complexity index is 530. The molecule has 5 nitrogen and oxygen atoms in total. The molecule has 1 aromatic rings. The SMILES string of the molecule is Cc1ccc(Cl)c(NC(=O)N[C@@H](C(=O)N(C)C)C(C)C)c1. The third kappa shape index (κ3) is 4.93. The second-order valence-corrected chi connectivity index (χ2v) is 5.94. The average Bonchev–Trinajstić information content (AvgIpc) is 2.39. The number of carbonyl (C=O) groups excluding carboxylic acids is 2. The molecule has 1 atom stereocenters. The number of nitrogens with one attached hydrogen (secondary N) is 2. The number of benzene rings is 1. The Morgan fingerprint density at radius 2 is 1.86 bits per heavy atom. The highest BCUT2D eigenvalue weighted by Crippen LogP contribution is 2.22. The maximum atomic E-state index is 12.1. The largest absolute Gasteiger partial charge is 0.347 e. The van der Waals surface area contributed by atoms with Crippen LogP contribution in [0.15, 0.2) is 18.2 Å². The minimum absolute atomic E-state index is 0.0152. The topological polar surface area (TPSA) is 61.4 Å². The number of aryl methyl sites for hydroxylation is 1. The molecule has 0 unspecified atom stereocenters. The van der Waals surface area contributed by atoms with Gasteiger partial charge in [0, 0.05) is 14.1 Å². The van der Waals surface area contributed by atoms with Gasteiger partial charge in [0.15, 0.2) is 0 Å². The Morgan fingerprint density at radius 3 is 2.38 bits per heavy atom. The number of amides is 3. The lowest BCUT2D eigenvalue weighted by molar-refractivity contribution is -0.131. The summed E-state index contributed by atoms with van der Waals surface area (Å²) >= 11 is 6.03. The summed E-state index contributed by atoms with van der Waals surface area (Å²) in [6.45, 7) is 5.67. The average molecular weight is 312 g/mol. The standard InChI is InChI=1S/C15H22ClN3O2/c1-9(2)13(14(20)19(4)5)18-15(21)17-12-8-10(3)6-7-11(12)16/h6-9,13H,1-5H3,(H2,17,18,21)/t13-/m1/s1. The predicted molar refractivity (Wildman–Crippen MR) is 85.7 cm³/mol. The van der Waals surface area contributed by atoms with E-state index in [2.05, 4.69) is 10.6 Å². The van der Waals surface area contributed by atoms with E-state index in [4.69, 9.17) is 11.6 Å². The Hall–Kier alpha value is -1.75. The number of rotatable bonds is 4. The van der Waals surface area contributed by atoms with E-state index in [-0.39, 0.29) is 11.8 Å². The summed E-state index contributed by atoms with van der Waals surface area (Å²) in [6.07, 6.45) is 0. The summed E-state index contributed by atoms with van der Waals surface area (Å²) in [5, 5.41) is 5.82. The van der Waals surface area contributed by atoms with Crippen molar-refractivity contribution in [3.8, 4) is 0 Å². The van der Waals surface area contributed by atoms with Crippen LogP contribution in [0.2, 0.25) is 5.02 Å². The van der Waals surface area contributed by atoms with Crippen molar-refractivity contribution < 1.29 is 9.59 Å². The summed E-state index contributed by atoms with van der Waals surface area (Å²) in [5.74, 6) is -0.158. The number of halogens is 1. The Balaban J connectivity index is 2.79. The first-order chi connectivity index (χ1) is 9.72. The normalized spacial score (nSPS) is 12.0. The van der Waals surface area contributed by atoms with Gasteiger partial charge >= 0.3 is 6.03 Å². The molecule has 116 valence electrons. The number of likely N-dealkylation sites (N-methyl/N-ethyl adjacent to an activating group) is 1. The smallest absolute Gasteiger partial charge is 0.319 e. The quantitative estimate of drug-likeness (QED) is 0.898. The summed E-state index contributed by atoms with van der Waals surface area (Å²) < 4.78 is 0. The maximum Gasteiger partial charge on any atom is 0.319 e. The molecule has 0 aliphatic heterocycles. The van der Waals surface area contributed by atoms with Crippen LogP contribution in [0.25, 0.3) is 0 Å². The van der Waals surface area contributed by atoms with Gasteiger partial charge in [0.2, 0.25) is 5.91 Å². The van der Waals surface area contributed by atoms with Crippen LogP contribution in [0.4, 0.5) is 10.5 Å². The van der Waals surface area contributed by atoms with Gasteiger partial charge in [0.05, 0.1) is 10.7 Å². The summed E-state index contributed by atoms with van der Waals surface area (Å²) in [5.41, 5.74) is 1.51. The van der Waals surface area contributed by atoms with Crippen LogP contribution in [-0.2, 0) is 4.79 Å². The van der Waals surface area contributed by atoms with Crippen molar-refractivity contribution in [3.05, 3.63) is 28.8 Å². The molecule has 0 bridgehead atoms. The number of urea groups is 1. The molecule has 0 aromatic heterocycles. The highest BCUT2D eigenvalue weighted by atomic mass is 35.5. The van der Waals surface area contributed by atoms with E-state index in [1.54, 1.807) is 26.2 Å². The molecule has 0 heterocycles. The Morgan fingerprint density at radius 1 is 1.24 bits per heavy atom. The Kier molecular flexibility index (Phi) is 6.03. The van der Waals surface area contributed by atoms with Crippen molar-refractivity contribution in [3.63, 3.8) is 0 Å². The third-order valence-electron chi connectivity index (χ3n) is 3.03. The number of carbonyl (C=O) groups is 2. The van der Waals surface area contributed by atoms with Gasteiger partial charge in [-0.25, -0.2) is 4.79 Å². The number of hydrogen-bond acceptors (Lipinski definition) is 2. The molecule has 2 N–H and O–H groups in total. The molecule has 0 fully saturated rings. The highest BCUT2D eigenvalue weighted by Gasteiger charge is 2.25. The van der Waals surface area contributed by atoms with E-state index >= 15 is 0 Å². The van der Waals surface area contributed by atoms with Gasteiger partial charge in [-0.2, -0.15) is 0 Å². The van der Waals surface area contributed by atoms with Crippen LogP contribution in [0.1, 0.15) is 19.4 Å². The van der Waals surface area contributed by atoms with Crippen LogP contribution in [0.3, 0.4) is 0 Å². The van der Waals surface area contributed by atoms with Gasteiger partial charge < -0.3 is 15.5 Å². The van der Waals surface area contributed by atoms with Gasteiger partial charge in [-0.15, -0.1) is 0 Å². The molecule has 21 heavy (non-hydrogen) atoms. The van der Waals surface area contributed by atoms with E-state index < -0.39 is 12.1 Å². The van der Waals surface area contributed by atoms with E-state index in [9.17, 15) is 9.59 Å². The van der Waals surface area contributed by atoms with Crippen LogP contribution >= 0.6 is 11.6 Å². The van der Waals surface area contributed by atoms with E-state index in [0.717, 1.165) is 5.56 Å². The maximum absolute atomic E-state index is 12.1. The summed E-state index contributed by atoms with van der Waals surface area (Å²) in [4.78, 5) is 25.6. The van der Waals surface area contributed by atoms with Crippen LogP contribution in [0.5, 0.6) is 0 Å². The van der Waals surface area contributed by atoms with E-state index in [1.807, 2.05) is 26.8 Å². The van der Waals surface area contributed by atoms with Crippen LogP contribution in [-0.4, -0.2) is 37.0 Å². The lowest BCUT2D eigenvalue weighted by Gasteiger charge is -2.24. The fourth-order valence-corrected chi connectivity index (χ4v) is 1.99. The molecule has 1 aromatic carbocycles. The minimum Gasteiger partial charge on any atom is -0.347 e. The van der Waals surface area contributed by atoms with Gasteiger partial charge in [-0.1, -0.05) is 31.5 Å². The van der Waals surface area contributed by atoms with Crippen molar-refractivity contribution in [1.29, 1.82) is 0 Å². The van der Waals surface area contributed by atoms with E-state index in [1.165, 1.54) is 4.90 Å². The zero-order valence-electron chi connectivity index (χ0n) is 13.0. The third-order valence-corrected chi connectivity index (χ3v) is 3.36. The van der Waals surface area contributed by atoms with Crippen LogP contribution < -0.4 is 10.6 Å². The predicted octanol–water partition coefficient (Wildman–Crippen LogP) is 2.88. The molecular weight excluding hydrogens is 290 g/mol. The number of nitrogens with zero attached hydrogens (tertiary/aromatic N) is 1.